The molecule has 4 rings (SSSR count). The van der Waals surface area contributed by atoms with Crippen molar-refractivity contribution in [2.24, 2.45) is 5.92 Å². The molecule has 7 nitrogen and oxygen atoms in total. The summed E-state index contributed by atoms with van der Waals surface area (Å²) in [6.45, 7) is 2.38. The van der Waals surface area contributed by atoms with E-state index < -0.39 is 28.3 Å². The molecule has 0 spiro atoms. The van der Waals surface area contributed by atoms with Crippen molar-refractivity contribution < 1.29 is 21.7 Å². The van der Waals surface area contributed by atoms with Gasteiger partial charge in [-0.25, -0.2) is 17.2 Å². The molecule has 0 saturated heterocycles. The molecule has 1 fully saturated rings. The Balaban J connectivity index is 1.54. The van der Waals surface area contributed by atoms with E-state index in [0.717, 1.165) is 11.1 Å². The first kappa shape index (κ1) is 18.9. The van der Waals surface area contributed by atoms with E-state index in [1.54, 1.807) is 16.9 Å². The van der Waals surface area contributed by atoms with Gasteiger partial charge in [-0.3, -0.25) is 9.40 Å². The molecule has 2 heterocycles. The van der Waals surface area contributed by atoms with Crippen molar-refractivity contribution in [1.82, 2.24) is 14.9 Å². The van der Waals surface area contributed by atoms with E-state index in [0.29, 0.717) is 17.5 Å². The third kappa shape index (κ3) is 4.01. The fourth-order valence-electron chi connectivity index (χ4n) is 3.77. The molecule has 0 amide bonds. The molecule has 2 aromatic heterocycles. The van der Waals surface area contributed by atoms with Crippen LogP contribution in [0.1, 0.15) is 30.4 Å². The summed E-state index contributed by atoms with van der Waals surface area (Å²) < 4.78 is 61.0. The topological polar surface area (TPSA) is 90.0 Å². The normalized spacial score (nSPS) is 19.3. The largest absolute Gasteiger partial charge is 0.354 e. The highest BCUT2D eigenvalue weighted by Gasteiger charge is 2.41. The van der Waals surface area contributed by atoms with Gasteiger partial charge in [0.2, 0.25) is 15.9 Å². The molecule has 150 valence electrons. The van der Waals surface area contributed by atoms with Crippen LogP contribution >= 0.6 is 0 Å². The van der Waals surface area contributed by atoms with Crippen LogP contribution in [0.2, 0.25) is 0 Å². The summed E-state index contributed by atoms with van der Waals surface area (Å²) in [5, 5.41) is 8.57. The molecular weight excluding hydrogens is 390 g/mol. The highest BCUT2D eigenvalue weighted by Crippen LogP contribution is 2.39. The van der Waals surface area contributed by atoms with Crippen LogP contribution in [0.5, 0.6) is 0 Å². The lowest BCUT2D eigenvalue weighted by Gasteiger charge is -2.12. The predicted molar refractivity (Wildman–Crippen MR) is 99.8 cm³/mol. The van der Waals surface area contributed by atoms with Crippen molar-refractivity contribution in [3.05, 3.63) is 41.7 Å². The number of aromatic nitrogens is 3. The minimum Gasteiger partial charge on any atom is -0.354 e. The first-order valence-corrected chi connectivity index (χ1v) is 10.6. The quantitative estimate of drug-likeness (QED) is 0.671. The molecular formula is C18H20F2N4O3S. The lowest BCUT2D eigenvalue weighted by Crippen LogP contribution is -2.23. The lowest BCUT2D eigenvalue weighted by molar-refractivity contribution is 0.00592. The number of aryl methyl sites for hydroxylation is 1. The van der Waals surface area contributed by atoms with Gasteiger partial charge in [-0.05, 0) is 42.5 Å². The van der Waals surface area contributed by atoms with E-state index in [9.17, 15) is 17.2 Å². The average molecular weight is 410 g/mol. The molecule has 0 radical (unpaired) electrons. The van der Waals surface area contributed by atoms with E-state index in [4.69, 9.17) is 4.52 Å². The van der Waals surface area contributed by atoms with E-state index >= 15 is 0 Å². The van der Waals surface area contributed by atoms with Crippen molar-refractivity contribution in [2.45, 2.75) is 38.7 Å². The van der Waals surface area contributed by atoms with Gasteiger partial charge >= 0.3 is 0 Å². The summed E-state index contributed by atoms with van der Waals surface area (Å²) in [5.74, 6) is -3.61. The molecule has 1 N–H and O–H groups in total. The second-order valence-electron chi connectivity index (χ2n) is 7.37. The second-order valence-corrected chi connectivity index (χ2v) is 9.14. The average Bonchev–Trinajstić information content (AvgIpc) is 3.29. The van der Waals surface area contributed by atoms with Crippen LogP contribution in [0.3, 0.4) is 0 Å². The Morgan fingerprint density at radius 2 is 2.21 bits per heavy atom. The Labute approximate surface area is 160 Å². The Hall–Kier alpha value is -2.49. The number of fused-ring (bicyclic) bond motifs is 1. The number of nitrogens with one attached hydrogen (secondary N) is 1. The minimum absolute atomic E-state index is 0.0860. The first-order chi connectivity index (χ1) is 13.2. The smallest absolute Gasteiger partial charge is 0.248 e. The minimum atomic E-state index is -3.82. The van der Waals surface area contributed by atoms with E-state index in [1.165, 1.54) is 0 Å². The van der Waals surface area contributed by atoms with Crippen LogP contribution in [-0.2, 0) is 16.6 Å². The zero-order valence-electron chi connectivity index (χ0n) is 15.2. The van der Waals surface area contributed by atoms with Gasteiger partial charge < -0.3 is 4.52 Å². The van der Waals surface area contributed by atoms with Crippen molar-refractivity contribution in [1.29, 1.82) is 0 Å². The Bertz CT molecular complexity index is 1090. The maximum Gasteiger partial charge on any atom is 0.248 e. The van der Waals surface area contributed by atoms with Gasteiger partial charge in [0.05, 0.1) is 17.7 Å². The van der Waals surface area contributed by atoms with Gasteiger partial charge in [-0.15, -0.1) is 0 Å². The van der Waals surface area contributed by atoms with Crippen molar-refractivity contribution in [2.75, 3.05) is 10.5 Å². The van der Waals surface area contributed by atoms with Gasteiger partial charge in [0.15, 0.2) is 11.4 Å². The summed E-state index contributed by atoms with van der Waals surface area (Å²) in [6, 6.07) is 5.52. The van der Waals surface area contributed by atoms with Crippen molar-refractivity contribution in [3.63, 3.8) is 0 Å². The Kier molecular flexibility index (Phi) is 4.60. The monoisotopic (exact) mass is 410 g/mol. The van der Waals surface area contributed by atoms with Crippen LogP contribution in [0.15, 0.2) is 35.1 Å². The van der Waals surface area contributed by atoms with Gasteiger partial charge in [-0.2, -0.15) is 5.10 Å². The van der Waals surface area contributed by atoms with E-state index in [1.807, 2.05) is 25.3 Å². The highest BCUT2D eigenvalue weighted by atomic mass is 32.2. The van der Waals surface area contributed by atoms with Crippen LogP contribution in [0.25, 0.3) is 11.0 Å². The van der Waals surface area contributed by atoms with Gasteiger partial charge in [0, 0.05) is 25.2 Å². The molecule has 0 aliphatic heterocycles. The zero-order valence-corrected chi connectivity index (χ0v) is 16.0. The molecule has 1 aliphatic carbocycles. The number of halogens is 2. The van der Waals surface area contributed by atoms with Gasteiger partial charge in [-0.1, -0.05) is 11.2 Å². The third-order valence-corrected chi connectivity index (χ3v) is 6.36. The molecule has 1 aromatic carbocycles. The zero-order chi connectivity index (χ0) is 19.9. The maximum atomic E-state index is 13.3. The maximum absolute atomic E-state index is 13.3. The number of nitrogens with zero attached hydrogens (tertiary/aromatic N) is 3. The number of anilines is 1. The van der Waals surface area contributed by atoms with Crippen LogP contribution in [0, 0.1) is 12.8 Å². The second kappa shape index (κ2) is 6.84. The lowest BCUT2D eigenvalue weighted by atomic mass is 10.1. The number of sulfonamides is 1. The molecule has 1 aliphatic rings. The van der Waals surface area contributed by atoms with Crippen molar-refractivity contribution >= 4 is 26.8 Å². The summed E-state index contributed by atoms with van der Waals surface area (Å²) in [5.41, 5.74) is 2.19. The summed E-state index contributed by atoms with van der Waals surface area (Å²) in [6.07, 6.45) is 3.06. The third-order valence-electron chi connectivity index (χ3n) is 4.95. The molecule has 1 atom stereocenters. The molecule has 1 saturated carbocycles. The summed E-state index contributed by atoms with van der Waals surface area (Å²) in [4.78, 5) is 0. The molecule has 28 heavy (non-hydrogen) atoms. The Morgan fingerprint density at radius 3 is 2.89 bits per heavy atom. The molecule has 0 bridgehead atoms. The highest BCUT2D eigenvalue weighted by molar-refractivity contribution is 7.92. The molecule has 1 unspecified atom stereocenters. The number of rotatable bonds is 6. The Morgan fingerprint density at radius 1 is 1.39 bits per heavy atom. The van der Waals surface area contributed by atoms with E-state index in [-0.39, 0.29) is 24.4 Å². The number of hydrogen-bond donors (Lipinski definition) is 1. The van der Waals surface area contributed by atoms with Crippen LogP contribution in [0.4, 0.5) is 14.6 Å². The van der Waals surface area contributed by atoms with E-state index in [2.05, 4.69) is 15.0 Å². The summed E-state index contributed by atoms with van der Waals surface area (Å²) >= 11 is 0. The summed E-state index contributed by atoms with van der Waals surface area (Å²) in [7, 11) is -3.82. The SMILES string of the molecule is Cc1cc(Cn2cccn2)cc2onc(NS(=O)(=O)CC3CCC(F)(F)C3)c12. The van der Waals surface area contributed by atoms with Crippen LogP contribution in [-0.4, -0.2) is 35.0 Å². The van der Waals surface area contributed by atoms with Gasteiger partial charge in [0.25, 0.3) is 0 Å². The van der Waals surface area contributed by atoms with Crippen LogP contribution < -0.4 is 4.72 Å². The molecule has 3 aromatic rings. The standard InChI is InChI=1S/C18H20F2N4O3S/c1-12-7-14(10-24-6-2-5-21-24)8-15-16(12)17(22-27-15)23-28(25,26)11-13-3-4-18(19,20)9-13/h2,5-8,13H,3-4,9-11H2,1H3,(H,22,23). The molecule has 10 heteroatoms. The predicted octanol–water partition coefficient (Wildman–Crippen LogP) is 3.56. The number of alkyl halides is 2. The fourth-order valence-corrected chi connectivity index (χ4v) is 5.19. The fraction of sp³-hybridized carbons (Fsp3) is 0.444. The van der Waals surface area contributed by atoms with Gasteiger partial charge in [0.1, 0.15) is 0 Å². The number of hydrogen-bond acceptors (Lipinski definition) is 5. The van der Waals surface area contributed by atoms with Crippen molar-refractivity contribution in [3.8, 4) is 0 Å². The number of benzene rings is 1. The first-order valence-electron chi connectivity index (χ1n) is 8.95.